The number of phenolic OH excluding ortho intramolecular Hbond substituents is 1. The molecule has 0 bridgehead atoms. The third-order valence-electron chi connectivity index (χ3n) is 5.94. The van der Waals surface area contributed by atoms with E-state index in [9.17, 15) is 34.2 Å². The summed E-state index contributed by atoms with van der Waals surface area (Å²) in [5.74, 6) is -3.02. The number of β-lactam (4-membered cyclic amide) rings is 1. The SMILES string of the molecule is CC(COC(=O)CO)OC(=O)CO.NC(C(=O)NC1C(=O)N2C(C(=O)O)=C(CSc3cn[nH]n3)CS[C@@H]12)c1ccc(O)cc1. The normalized spacial score (nSPS) is 18.5. The van der Waals surface area contributed by atoms with Gasteiger partial charge < -0.3 is 41.0 Å². The van der Waals surface area contributed by atoms with Gasteiger partial charge in [0.2, 0.25) is 5.91 Å². The number of fused-ring (bicyclic) bond motifs is 1. The maximum Gasteiger partial charge on any atom is 0.352 e. The largest absolute Gasteiger partial charge is 0.508 e. The van der Waals surface area contributed by atoms with Gasteiger partial charge in [0, 0.05) is 11.5 Å². The first-order chi connectivity index (χ1) is 21.0. The molecule has 3 heterocycles. The minimum absolute atomic E-state index is 0.0466. The fourth-order valence-corrected chi connectivity index (χ4v) is 6.11. The van der Waals surface area contributed by atoms with E-state index in [1.165, 1.54) is 65.8 Å². The highest BCUT2D eigenvalue weighted by atomic mass is 32.2. The predicted octanol–water partition coefficient (Wildman–Crippen LogP) is -1.51. The molecule has 0 saturated carbocycles. The van der Waals surface area contributed by atoms with E-state index < -0.39 is 66.5 Å². The number of esters is 2. The van der Waals surface area contributed by atoms with Crippen molar-refractivity contribution < 1.29 is 53.9 Å². The average molecular weight is 655 g/mol. The molecular weight excluding hydrogens is 624 g/mol. The second kappa shape index (κ2) is 16.1. The fraction of sp³-hybridized carbons (Fsp3) is 0.400. The van der Waals surface area contributed by atoms with Crippen LogP contribution in [0, 0.1) is 0 Å². The zero-order valence-corrected chi connectivity index (χ0v) is 24.7. The predicted molar refractivity (Wildman–Crippen MR) is 153 cm³/mol. The van der Waals surface area contributed by atoms with Crippen molar-refractivity contribution in [2.45, 2.75) is 35.5 Å². The van der Waals surface area contributed by atoms with Crippen LogP contribution in [0.15, 0.2) is 46.8 Å². The standard InChI is InChI=1S/C18H18N6O5S2.C7H12O6/c19-12(8-1-3-10(25)4-2-8)15(26)21-13-16(27)24-14(18(28)29)9(7-31-17(13)24)6-30-11-5-20-23-22-11;1-5(13-7(11)3-9)4-12-6(10)2-8/h1-5,12-13,17,25H,6-7,19H2,(H,21,26)(H,28,29)(H,20,22,23);5,8-9H,2-4H2,1H3/t12?,13?,17-;/m0./s1. The number of aromatic nitrogens is 3. The number of carbonyl (C=O) groups excluding carboxylic acids is 4. The first-order valence-corrected chi connectivity index (χ1v) is 14.8. The molecule has 0 aliphatic carbocycles. The fourth-order valence-electron chi connectivity index (χ4n) is 3.84. The number of phenols is 1. The summed E-state index contributed by atoms with van der Waals surface area (Å²) in [6.07, 6.45) is 0.900. The molecule has 2 amide bonds. The van der Waals surface area contributed by atoms with Crippen LogP contribution >= 0.6 is 23.5 Å². The van der Waals surface area contributed by atoms with Crippen LogP contribution in [0.3, 0.4) is 0 Å². The molecule has 1 aromatic heterocycles. The van der Waals surface area contributed by atoms with Gasteiger partial charge in [-0.25, -0.2) is 14.4 Å². The Bertz CT molecular complexity index is 1370. The molecule has 238 valence electrons. The number of aromatic hydroxyl groups is 1. The number of thioether (sulfide) groups is 2. The Balaban J connectivity index is 0.000000345. The lowest BCUT2D eigenvalue weighted by Crippen LogP contribution is -2.71. The van der Waals surface area contributed by atoms with Crippen molar-refractivity contribution in [2.75, 3.05) is 31.3 Å². The van der Waals surface area contributed by atoms with Crippen LogP contribution < -0.4 is 11.1 Å². The molecule has 1 aromatic carbocycles. The number of nitrogens with two attached hydrogens (primary N) is 1. The summed E-state index contributed by atoms with van der Waals surface area (Å²) < 4.78 is 9.00. The number of aliphatic carboxylic acids is 1. The van der Waals surface area contributed by atoms with Gasteiger partial charge in [0.25, 0.3) is 5.91 Å². The Morgan fingerprint density at radius 3 is 2.48 bits per heavy atom. The van der Waals surface area contributed by atoms with Crippen LogP contribution in [0.1, 0.15) is 18.5 Å². The highest BCUT2D eigenvalue weighted by molar-refractivity contribution is 8.01. The van der Waals surface area contributed by atoms with Crippen molar-refractivity contribution in [1.82, 2.24) is 25.6 Å². The second-order valence-corrected chi connectivity index (χ2v) is 11.2. The van der Waals surface area contributed by atoms with Crippen LogP contribution in [0.5, 0.6) is 5.75 Å². The summed E-state index contributed by atoms with van der Waals surface area (Å²) in [6, 6.07) is 3.98. The molecule has 44 heavy (non-hydrogen) atoms. The molecule has 3 unspecified atom stereocenters. The number of ether oxygens (including phenoxy) is 2. The van der Waals surface area contributed by atoms with Gasteiger partial charge in [-0.05, 0) is 30.2 Å². The van der Waals surface area contributed by atoms with Gasteiger partial charge in [-0.3, -0.25) is 14.5 Å². The number of aliphatic hydroxyl groups excluding tert-OH is 2. The summed E-state index contributed by atoms with van der Waals surface area (Å²) in [5.41, 5.74) is 6.99. The van der Waals surface area contributed by atoms with E-state index in [0.29, 0.717) is 27.7 Å². The molecule has 2 aromatic rings. The topological polar surface area (TPSA) is 268 Å². The van der Waals surface area contributed by atoms with Crippen molar-refractivity contribution >= 4 is 53.2 Å². The minimum Gasteiger partial charge on any atom is -0.508 e. The van der Waals surface area contributed by atoms with Crippen LogP contribution in [-0.4, -0.2) is 119 Å². The van der Waals surface area contributed by atoms with E-state index in [1.807, 2.05) is 0 Å². The summed E-state index contributed by atoms with van der Waals surface area (Å²) >= 11 is 2.70. The monoisotopic (exact) mass is 654 g/mol. The summed E-state index contributed by atoms with van der Waals surface area (Å²) in [7, 11) is 0. The van der Waals surface area contributed by atoms with Gasteiger partial charge in [-0.1, -0.05) is 23.9 Å². The molecule has 17 nitrogen and oxygen atoms in total. The van der Waals surface area contributed by atoms with Crippen molar-refractivity contribution in [2.24, 2.45) is 5.73 Å². The molecule has 0 spiro atoms. The van der Waals surface area contributed by atoms with E-state index in [-0.39, 0.29) is 18.1 Å². The van der Waals surface area contributed by atoms with Gasteiger partial charge in [0.05, 0.1) is 6.20 Å². The summed E-state index contributed by atoms with van der Waals surface area (Å²) in [5, 5.41) is 48.4. The maximum absolute atomic E-state index is 12.7. The number of aromatic amines is 1. The third-order valence-corrected chi connectivity index (χ3v) is 8.26. The van der Waals surface area contributed by atoms with Crippen LogP contribution in [0.4, 0.5) is 0 Å². The maximum atomic E-state index is 12.7. The van der Waals surface area contributed by atoms with Crippen molar-refractivity contribution in [3.63, 3.8) is 0 Å². The Hall–Kier alpha value is -4.17. The number of H-pyrrole nitrogens is 1. The molecule has 4 atom stereocenters. The Morgan fingerprint density at radius 2 is 1.89 bits per heavy atom. The molecule has 4 rings (SSSR count). The quantitative estimate of drug-likeness (QED) is 0.0778. The Morgan fingerprint density at radius 1 is 1.20 bits per heavy atom. The van der Waals surface area contributed by atoms with Gasteiger partial charge in [0.1, 0.15) is 59.9 Å². The number of nitrogens with one attached hydrogen (secondary N) is 2. The highest BCUT2D eigenvalue weighted by Gasteiger charge is 2.54. The highest BCUT2D eigenvalue weighted by Crippen LogP contribution is 2.41. The number of carbonyl (C=O) groups is 5. The Kier molecular flexibility index (Phi) is 12.5. The number of benzene rings is 1. The third kappa shape index (κ3) is 8.92. The average Bonchev–Trinajstić information content (AvgIpc) is 3.54. The van der Waals surface area contributed by atoms with E-state index in [1.54, 1.807) is 0 Å². The van der Waals surface area contributed by atoms with Gasteiger partial charge in [-0.2, -0.15) is 10.3 Å². The zero-order valence-electron chi connectivity index (χ0n) is 23.1. The molecule has 2 aliphatic rings. The molecule has 1 fully saturated rings. The van der Waals surface area contributed by atoms with E-state index in [2.05, 4.69) is 30.2 Å². The molecule has 8 N–H and O–H groups in total. The van der Waals surface area contributed by atoms with Crippen molar-refractivity contribution in [1.29, 1.82) is 0 Å². The number of amides is 2. The first kappa shape index (κ1) is 34.3. The first-order valence-electron chi connectivity index (χ1n) is 12.8. The van der Waals surface area contributed by atoms with E-state index in [4.69, 9.17) is 15.9 Å². The number of hydrogen-bond donors (Lipinski definition) is 7. The number of carboxylic acid groups (broad SMARTS) is 1. The number of hydrogen-bond acceptors (Lipinski definition) is 15. The molecule has 19 heteroatoms. The van der Waals surface area contributed by atoms with Crippen molar-refractivity contribution in [3.05, 3.63) is 47.3 Å². The van der Waals surface area contributed by atoms with E-state index >= 15 is 0 Å². The number of carboxylic acids is 1. The van der Waals surface area contributed by atoms with Crippen LogP contribution in [-0.2, 0) is 33.4 Å². The van der Waals surface area contributed by atoms with Gasteiger partial charge in [0.15, 0.2) is 0 Å². The summed E-state index contributed by atoms with van der Waals surface area (Å²) in [4.78, 5) is 59.2. The lowest BCUT2D eigenvalue weighted by Gasteiger charge is -2.49. The molecule has 2 aliphatic heterocycles. The molecule has 0 radical (unpaired) electrons. The molecular formula is C25H30N6O11S2. The summed E-state index contributed by atoms with van der Waals surface area (Å²) in [6.45, 7) is -0.0533. The zero-order chi connectivity index (χ0) is 32.4. The molecule has 1 saturated heterocycles. The number of nitrogens with zero attached hydrogens (tertiary/aromatic N) is 3. The number of aliphatic hydroxyl groups is 2. The lowest BCUT2D eigenvalue weighted by atomic mass is 10.0. The minimum atomic E-state index is -1.19. The van der Waals surface area contributed by atoms with Gasteiger partial charge in [-0.15, -0.1) is 16.9 Å². The van der Waals surface area contributed by atoms with Crippen LogP contribution in [0.25, 0.3) is 0 Å². The second-order valence-electron chi connectivity index (χ2n) is 9.12. The number of rotatable bonds is 12. The smallest absolute Gasteiger partial charge is 0.352 e. The van der Waals surface area contributed by atoms with Gasteiger partial charge >= 0.3 is 17.9 Å². The van der Waals surface area contributed by atoms with Crippen molar-refractivity contribution in [3.8, 4) is 5.75 Å². The van der Waals surface area contributed by atoms with E-state index in [0.717, 1.165) is 0 Å². The van der Waals surface area contributed by atoms with Crippen LogP contribution in [0.2, 0.25) is 0 Å². The lowest BCUT2D eigenvalue weighted by molar-refractivity contribution is -0.161. The Labute approximate surface area is 258 Å².